The second-order valence-electron chi connectivity index (χ2n) is 20.3. The second kappa shape index (κ2) is 17.9. The Labute approximate surface area is 357 Å². The van der Waals surface area contributed by atoms with Crippen LogP contribution < -0.4 is 0 Å². The molecule has 25 atom stereocenters. The zero-order valence-electron chi connectivity index (χ0n) is 35.9. The molecule has 4 aliphatic heterocycles. The molecule has 17 nitrogen and oxygen atoms in total. The van der Waals surface area contributed by atoms with Crippen molar-refractivity contribution in [1.29, 1.82) is 0 Å². The molecule has 17 heteroatoms. The summed E-state index contributed by atoms with van der Waals surface area (Å²) in [6.07, 6.45) is -11.1. The van der Waals surface area contributed by atoms with Gasteiger partial charge in [0.15, 0.2) is 30.9 Å². The molecule has 4 saturated heterocycles. The standard InChI is InChI=1S/C44H70O17/c1-18-6-8-22(57-39(18)61-41-37(54)34(51)31(48)20(3)56-41)14-21-7-9-25-24-16-28(46)27-15-23(10-12-44(27,5)26(24)11-13-43(21,25)4)58-42-38(35(52)32(49)29(17-45)59-42)60-40-36(53)33(50)30(47)19(2)55-40/h16,18-23,25-27,29-42,45,47-54H,6-15,17H2,1-5H3/t18-,19?,20?,21?,22?,23+,25?,26?,27?,29?,30?,31?,32?,33?,34?,35?,36?,37?,38?,39?,40?,41?,42?,43-,44-/m1/s1. The fourth-order valence-electron chi connectivity index (χ4n) is 12.6. The molecule has 8 aliphatic rings. The van der Waals surface area contributed by atoms with Crippen molar-refractivity contribution in [3.63, 3.8) is 0 Å². The maximum Gasteiger partial charge on any atom is 0.189 e. The fraction of sp³-hybridized carbons (Fsp3) is 0.932. The number of rotatable bonds is 9. The Morgan fingerprint density at radius 3 is 1.89 bits per heavy atom. The summed E-state index contributed by atoms with van der Waals surface area (Å²) in [4.78, 5) is 14.3. The lowest BCUT2D eigenvalue weighted by Gasteiger charge is -2.57. The maximum absolute atomic E-state index is 14.3. The van der Waals surface area contributed by atoms with Gasteiger partial charge in [0.25, 0.3) is 0 Å². The Morgan fingerprint density at radius 2 is 1.23 bits per heavy atom. The van der Waals surface area contributed by atoms with Crippen LogP contribution in [0.25, 0.3) is 0 Å². The monoisotopic (exact) mass is 870 g/mol. The Balaban J connectivity index is 0.922. The third kappa shape index (κ3) is 8.33. The van der Waals surface area contributed by atoms with E-state index < -0.39 is 111 Å². The van der Waals surface area contributed by atoms with E-state index in [4.69, 9.17) is 33.2 Å². The fourth-order valence-corrected chi connectivity index (χ4v) is 12.6. The van der Waals surface area contributed by atoms with Crippen LogP contribution in [0.1, 0.15) is 98.8 Å². The van der Waals surface area contributed by atoms with Crippen LogP contribution in [0.3, 0.4) is 0 Å². The van der Waals surface area contributed by atoms with E-state index in [1.807, 2.05) is 13.0 Å². The molecule has 61 heavy (non-hydrogen) atoms. The first kappa shape index (κ1) is 46.3. The third-order valence-electron chi connectivity index (χ3n) is 16.7. The van der Waals surface area contributed by atoms with Crippen LogP contribution in [0.4, 0.5) is 0 Å². The number of hydrogen-bond acceptors (Lipinski definition) is 17. The Bertz CT molecular complexity index is 1580. The highest BCUT2D eigenvalue weighted by atomic mass is 16.8. The van der Waals surface area contributed by atoms with E-state index in [1.54, 1.807) is 6.92 Å². The smallest absolute Gasteiger partial charge is 0.189 e. The van der Waals surface area contributed by atoms with Gasteiger partial charge in [0.05, 0.1) is 31.0 Å². The van der Waals surface area contributed by atoms with Crippen molar-refractivity contribution in [3.8, 4) is 0 Å². The highest BCUT2D eigenvalue weighted by molar-refractivity contribution is 5.94. The van der Waals surface area contributed by atoms with E-state index in [1.165, 1.54) is 12.5 Å². The number of hydrogen-bond donors (Lipinski definition) is 9. The number of carbonyl (C=O) groups is 1. The molecule has 8 rings (SSSR count). The summed E-state index contributed by atoms with van der Waals surface area (Å²) in [7, 11) is 0. The first-order valence-corrected chi connectivity index (χ1v) is 22.7. The topological polar surface area (TPSA) is 264 Å². The summed E-state index contributed by atoms with van der Waals surface area (Å²) in [5, 5.41) is 94.2. The predicted octanol–water partition coefficient (Wildman–Crippen LogP) is 0.157. The van der Waals surface area contributed by atoms with Gasteiger partial charge in [-0.25, -0.2) is 0 Å². The van der Waals surface area contributed by atoms with Crippen molar-refractivity contribution < 1.29 is 83.9 Å². The number of carbonyl (C=O) groups excluding carboxylic acids is 1. The molecule has 7 fully saturated rings. The van der Waals surface area contributed by atoms with Crippen LogP contribution in [0.5, 0.6) is 0 Å². The zero-order chi connectivity index (χ0) is 43.9. The van der Waals surface area contributed by atoms with Crippen molar-refractivity contribution in [2.24, 2.45) is 40.4 Å². The number of fused-ring (bicyclic) bond motifs is 5. The average Bonchev–Trinajstić information content (AvgIpc) is 3.56. The number of allylic oxidation sites excluding steroid dienone is 2. The van der Waals surface area contributed by atoms with Crippen molar-refractivity contribution in [2.45, 2.75) is 209 Å². The summed E-state index contributed by atoms with van der Waals surface area (Å²) >= 11 is 0. The SMILES string of the molecule is CC1OC(OC2C(O[C@H]3CC[C@@]4(C)C(C3)C(=O)C=C3C4CC[C@]4(C)C(CC5CC[C@@H](C)C(OC6OC(C)C(O)C(O)C6O)O5)CCC34)OC(CO)C(O)C2O)C(O)C(O)C1O. The summed E-state index contributed by atoms with van der Waals surface area (Å²) in [5.74, 6) is 0.641. The van der Waals surface area contributed by atoms with E-state index in [2.05, 4.69) is 13.8 Å². The van der Waals surface area contributed by atoms with E-state index in [9.17, 15) is 50.8 Å². The number of ether oxygens (including phenoxy) is 7. The van der Waals surface area contributed by atoms with Gasteiger partial charge in [0.1, 0.15) is 61.0 Å². The summed E-state index contributed by atoms with van der Waals surface area (Å²) in [5.41, 5.74) is 0.938. The third-order valence-corrected chi connectivity index (χ3v) is 16.7. The van der Waals surface area contributed by atoms with Gasteiger partial charge in [0, 0.05) is 11.8 Å². The molecule has 0 aromatic rings. The average molecular weight is 871 g/mol. The molecular formula is C44H70O17. The van der Waals surface area contributed by atoms with Gasteiger partial charge >= 0.3 is 0 Å². The van der Waals surface area contributed by atoms with Gasteiger partial charge in [0.2, 0.25) is 0 Å². The van der Waals surface area contributed by atoms with E-state index in [-0.39, 0.29) is 46.4 Å². The van der Waals surface area contributed by atoms with Crippen LogP contribution in [0.2, 0.25) is 0 Å². The van der Waals surface area contributed by atoms with Crippen molar-refractivity contribution in [1.82, 2.24) is 0 Å². The minimum Gasteiger partial charge on any atom is -0.394 e. The van der Waals surface area contributed by atoms with E-state index in [0.29, 0.717) is 25.2 Å². The number of aliphatic hydroxyl groups is 9. The predicted molar refractivity (Wildman–Crippen MR) is 211 cm³/mol. The van der Waals surface area contributed by atoms with Crippen LogP contribution >= 0.6 is 0 Å². The van der Waals surface area contributed by atoms with Gasteiger partial charge in [-0.05, 0) is 113 Å². The number of ketones is 1. The minimum absolute atomic E-state index is 0.0171. The molecule has 0 spiro atoms. The lowest BCUT2D eigenvalue weighted by molar-refractivity contribution is -0.370. The minimum atomic E-state index is -1.68. The molecule has 0 aromatic carbocycles. The molecule has 4 heterocycles. The molecule has 4 aliphatic carbocycles. The molecule has 0 bridgehead atoms. The molecule has 0 radical (unpaired) electrons. The lowest BCUT2D eigenvalue weighted by atomic mass is 9.47. The summed E-state index contributed by atoms with van der Waals surface area (Å²) < 4.78 is 42.4. The Hall–Kier alpha value is -1.23. The first-order chi connectivity index (χ1) is 28.9. The van der Waals surface area contributed by atoms with Gasteiger partial charge in [-0.15, -0.1) is 0 Å². The maximum atomic E-state index is 14.3. The van der Waals surface area contributed by atoms with E-state index >= 15 is 0 Å². The van der Waals surface area contributed by atoms with E-state index in [0.717, 1.165) is 44.9 Å². The molecule has 0 amide bonds. The summed E-state index contributed by atoms with van der Waals surface area (Å²) in [6, 6.07) is 0. The molecular weight excluding hydrogens is 800 g/mol. The van der Waals surface area contributed by atoms with Gasteiger partial charge in [-0.1, -0.05) is 26.3 Å². The summed E-state index contributed by atoms with van der Waals surface area (Å²) in [6.45, 7) is 9.16. The first-order valence-electron chi connectivity index (χ1n) is 22.7. The molecule has 348 valence electrons. The highest BCUT2D eigenvalue weighted by Gasteiger charge is 2.60. The van der Waals surface area contributed by atoms with Gasteiger partial charge < -0.3 is 79.1 Å². The van der Waals surface area contributed by atoms with Crippen LogP contribution in [0.15, 0.2) is 11.6 Å². The van der Waals surface area contributed by atoms with Gasteiger partial charge in [-0.3, -0.25) is 4.79 Å². The Morgan fingerprint density at radius 1 is 0.607 bits per heavy atom. The Kier molecular flexibility index (Phi) is 13.6. The normalized spacial score (nSPS) is 55.3. The van der Waals surface area contributed by atoms with Crippen molar-refractivity contribution >= 4 is 5.78 Å². The number of aliphatic hydroxyl groups excluding tert-OH is 9. The van der Waals surface area contributed by atoms with Crippen LogP contribution in [0, 0.1) is 40.4 Å². The van der Waals surface area contributed by atoms with Crippen LogP contribution in [-0.4, -0.2) is 169 Å². The zero-order valence-corrected chi connectivity index (χ0v) is 35.9. The lowest BCUT2D eigenvalue weighted by Crippen LogP contribution is -2.64. The largest absolute Gasteiger partial charge is 0.394 e. The van der Waals surface area contributed by atoms with Crippen LogP contribution in [-0.2, 0) is 38.0 Å². The van der Waals surface area contributed by atoms with Gasteiger partial charge in [-0.2, -0.15) is 0 Å². The quantitative estimate of drug-likeness (QED) is 0.149. The molecule has 3 saturated carbocycles. The van der Waals surface area contributed by atoms with Crippen molar-refractivity contribution in [2.75, 3.05) is 6.61 Å². The molecule has 9 N–H and O–H groups in total. The van der Waals surface area contributed by atoms with Crippen molar-refractivity contribution in [3.05, 3.63) is 11.6 Å². The second-order valence-corrected chi connectivity index (χ2v) is 20.3. The molecule has 21 unspecified atom stereocenters. The molecule has 0 aromatic heterocycles. The highest BCUT2D eigenvalue weighted by Crippen LogP contribution is 2.66.